The van der Waals surface area contributed by atoms with Gasteiger partial charge in [0, 0.05) is 24.1 Å². The Kier molecular flexibility index (Phi) is 6.95. The molecule has 1 aliphatic rings. The summed E-state index contributed by atoms with van der Waals surface area (Å²) in [4.78, 5) is 12.3. The van der Waals surface area contributed by atoms with Crippen LogP contribution in [-0.4, -0.2) is 45.1 Å². The van der Waals surface area contributed by atoms with Crippen LogP contribution in [0.25, 0.3) is 0 Å². The third kappa shape index (κ3) is 5.24. The molecule has 0 aliphatic carbocycles. The molecule has 0 unspecified atom stereocenters. The van der Waals surface area contributed by atoms with Crippen molar-refractivity contribution in [3.63, 3.8) is 0 Å². The second-order valence-electron chi connectivity index (χ2n) is 6.10. The van der Waals surface area contributed by atoms with Crippen LogP contribution in [0.15, 0.2) is 51.8 Å². The molecule has 10 heteroatoms. The highest BCUT2D eigenvalue weighted by Gasteiger charge is 2.27. The largest absolute Gasteiger partial charge is 0.379 e. The van der Waals surface area contributed by atoms with Gasteiger partial charge in [-0.25, -0.2) is 13.2 Å². The number of nitrogens with zero attached hydrogens (tertiary/aromatic N) is 1. The van der Waals surface area contributed by atoms with Gasteiger partial charge < -0.3 is 15.4 Å². The van der Waals surface area contributed by atoms with Crippen molar-refractivity contribution in [2.24, 2.45) is 0 Å². The van der Waals surface area contributed by atoms with Gasteiger partial charge in [-0.15, -0.1) is 0 Å². The lowest BCUT2D eigenvalue weighted by Gasteiger charge is -2.26. The van der Waals surface area contributed by atoms with Gasteiger partial charge >= 0.3 is 6.03 Å². The zero-order valence-corrected chi connectivity index (χ0v) is 18.0. The fourth-order valence-corrected chi connectivity index (χ4v) is 4.74. The van der Waals surface area contributed by atoms with Crippen LogP contribution in [0, 0.1) is 0 Å². The van der Waals surface area contributed by atoms with E-state index in [1.807, 2.05) is 24.3 Å². The molecular formula is C18H19BrClN3O4S. The van der Waals surface area contributed by atoms with E-state index in [9.17, 15) is 13.2 Å². The number of nitrogens with one attached hydrogen (secondary N) is 2. The third-order valence-corrected chi connectivity index (χ3v) is 6.85. The maximum absolute atomic E-state index is 12.8. The zero-order chi connectivity index (χ0) is 20.1. The van der Waals surface area contributed by atoms with E-state index in [-0.39, 0.29) is 15.6 Å². The van der Waals surface area contributed by atoms with E-state index in [1.54, 1.807) is 0 Å². The van der Waals surface area contributed by atoms with Crippen LogP contribution >= 0.6 is 27.5 Å². The molecule has 2 N–H and O–H groups in total. The molecule has 0 bridgehead atoms. The Morgan fingerprint density at radius 1 is 1.18 bits per heavy atom. The molecule has 3 rings (SSSR count). The molecule has 0 aromatic heterocycles. The maximum Gasteiger partial charge on any atom is 0.319 e. The van der Waals surface area contributed by atoms with Crippen LogP contribution in [0.4, 0.5) is 10.5 Å². The fraction of sp³-hybridized carbons (Fsp3) is 0.278. The van der Waals surface area contributed by atoms with Crippen molar-refractivity contribution in [1.82, 2.24) is 9.62 Å². The first-order chi connectivity index (χ1) is 13.4. The number of benzene rings is 2. The van der Waals surface area contributed by atoms with E-state index < -0.39 is 16.1 Å². The van der Waals surface area contributed by atoms with Gasteiger partial charge in [0.1, 0.15) is 0 Å². The van der Waals surface area contributed by atoms with Gasteiger partial charge in [0.2, 0.25) is 10.0 Å². The minimum atomic E-state index is -3.68. The second kappa shape index (κ2) is 9.23. The molecule has 1 aliphatic heterocycles. The quantitative estimate of drug-likeness (QED) is 0.675. The summed E-state index contributed by atoms with van der Waals surface area (Å²) in [5.74, 6) is 0. The number of halogens is 2. The Morgan fingerprint density at radius 2 is 1.93 bits per heavy atom. The molecule has 2 amide bonds. The van der Waals surface area contributed by atoms with Crippen LogP contribution in [0.5, 0.6) is 0 Å². The van der Waals surface area contributed by atoms with Crippen LogP contribution in [0.1, 0.15) is 5.56 Å². The van der Waals surface area contributed by atoms with Gasteiger partial charge in [-0.05, 0) is 35.9 Å². The summed E-state index contributed by atoms with van der Waals surface area (Å²) in [6, 6.07) is 11.3. The molecule has 0 atom stereocenters. The van der Waals surface area contributed by atoms with E-state index in [4.69, 9.17) is 16.3 Å². The van der Waals surface area contributed by atoms with E-state index in [2.05, 4.69) is 26.6 Å². The van der Waals surface area contributed by atoms with Crippen molar-refractivity contribution in [1.29, 1.82) is 0 Å². The lowest BCUT2D eigenvalue weighted by molar-refractivity contribution is 0.0730. The molecule has 28 heavy (non-hydrogen) atoms. The number of carbonyl (C=O) groups is 1. The predicted octanol–water partition coefficient (Wildman–Crippen LogP) is 3.45. The first-order valence-corrected chi connectivity index (χ1v) is 11.1. The lowest BCUT2D eigenvalue weighted by Crippen LogP contribution is -2.40. The van der Waals surface area contributed by atoms with Gasteiger partial charge in [-0.1, -0.05) is 39.7 Å². The summed E-state index contributed by atoms with van der Waals surface area (Å²) >= 11 is 9.51. The molecule has 0 saturated carbocycles. The topological polar surface area (TPSA) is 87.7 Å². The predicted molar refractivity (Wildman–Crippen MR) is 111 cm³/mol. The summed E-state index contributed by atoms with van der Waals surface area (Å²) in [7, 11) is -3.68. The number of sulfonamides is 1. The number of ether oxygens (including phenoxy) is 1. The zero-order valence-electron chi connectivity index (χ0n) is 14.8. The van der Waals surface area contributed by atoms with Crippen LogP contribution < -0.4 is 10.6 Å². The van der Waals surface area contributed by atoms with Gasteiger partial charge in [-0.3, -0.25) is 0 Å². The van der Waals surface area contributed by atoms with Gasteiger partial charge in [0.25, 0.3) is 0 Å². The van der Waals surface area contributed by atoms with Crippen LogP contribution in [0.2, 0.25) is 5.02 Å². The number of hydrogen-bond acceptors (Lipinski definition) is 4. The molecule has 1 heterocycles. The number of anilines is 1. The highest BCUT2D eigenvalue weighted by molar-refractivity contribution is 9.10. The van der Waals surface area contributed by atoms with Crippen molar-refractivity contribution in [2.75, 3.05) is 31.6 Å². The Bertz CT molecular complexity index is 965. The molecule has 2 aromatic carbocycles. The molecule has 150 valence electrons. The SMILES string of the molecule is O=C(NCc1cccc(Br)c1)Nc1cc(S(=O)(=O)N2CCOCC2)ccc1Cl. The molecule has 0 radical (unpaired) electrons. The highest BCUT2D eigenvalue weighted by atomic mass is 79.9. The second-order valence-corrected chi connectivity index (χ2v) is 9.36. The number of carbonyl (C=O) groups excluding carboxylic acids is 1. The standard InChI is InChI=1S/C18H19BrClN3O4S/c19-14-3-1-2-13(10-14)12-21-18(24)22-17-11-15(4-5-16(17)20)28(25,26)23-6-8-27-9-7-23/h1-5,10-11H,6-9,12H2,(H2,21,22,24). The van der Waals surface area contributed by atoms with E-state index in [0.717, 1.165) is 10.0 Å². The number of urea groups is 1. The molecule has 1 saturated heterocycles. The minimum absolute atomic E-state index is 0.0705. The Balaban J connectivity index is 1.70. The molecule has 2 aromatic rings. The summed E-state index contributed by atoms with van der Waals surface area (Å²) in [5, 5.41) is 5.58. The average Bonchev–Trinajstić information content (AvgIpc) is 2.69. The van der Waals surface area contributed by atoms with Crippen molar-refractivity contribution in [3.05, 3.63) is 57.5 Å². The number of amides is 2. The van der Waals surface area contributed by atoms with Gasteiger partial charge in [0.05, 0.1) is 28.8 Å². The smallest absolute Gasteiger partial charge is 0.319 e. The summed E-state index contributed by atoms with van der Waals surface area (Å²) in [6.07, 6.45) is 0. The van der Waals surface area contributed by atoms with Crippen molar-refractivity contribution in [3.8, 4) is 0 Å². The fourth-order valence-electron chi connectivity index (χ4n) is 2.69. The first kappa shape index (κ1) is 21.1. The molecule has 0 spiro atoms. The number of rotatable bonds is 5. The molecule has 1 fully saturated rings. The third-order valence-electron chi connectivity index (χ3n) is 4.14. The Hall–Kier alpha value is -1.65. The first-order valence-electron chi connectivity index (χ1n) is 8.53. The normalized spacial score (nSPS) is 15.2. The van der Waals surface area contributed by atoms with Crippen LogP contribution in [-0.2, 0) is 21.3 Å². The monoisotopic (exact) mass is 487 g/mol. The van der Waals surface area contributed by atoms with E-state index >= 15 is 0 Å². The van der Waals surface area contributed by atoms with Gasteiger partial charge in [0.15, 0.2) is 0 Å². The van der Waals surface area contributed by atoms with E-state index in [1.165, 1.54) is 22.5 Å². The molecule has 7 nitrogen and oxygen atoms in total. The maximum atomic E-state index is 12.8. The Labute approximate surface area is 177 Å². The van der Waals surface area contributed by atoms with Crippen LogP contribution in [0.3, 0.4) is 0 Å². The number of hydrogen-bond donors (Lipinski definition) is 2. The lowest BCUT2D eigenvalue weighted by atomic mass is 10.2. The molecular weight excluding hydrogens is 470 g/mol. The van der Waals surface area contributed by atoms with Crippen molar-refractivity contribution in [2.45, 2.75) is 11.4 Å². The van der Waals surface area contributed by atoms with Gasteiger partial charge in [-0.2, -0.15) is 4.31 Å². The average molecular weight is 489 g/mol. The summed E-state index contributed by atoms with van der Waals surface area (Å²) in [5.41, 5.74) is 1.14. The minimum Gasteiger partial charge on any atom is -0.379 e. The van der Waals surface area contributed by atoms with Crippen molar-refractivity contribution >= 4 is 49.3 Å². The Morgan fingerprint density at radius 3 is 2.64 bits per heavy atom. The summed E-state index contributed by atoms with van der Waals surface area (Å²) < 4.78 is 33.0. The summed E-state index contributed by atoms with van der Waals surface area (Å²) in [6.45, 7) is 1.61. The van der Waals surface area contributed by atoms with Crippen molar-refractivity contribution < 1.29 is 17.9 Å². The highest BCUT2D eigenvalue weighted by Crippen LogP contribution is 2.27. The number of morpholine rings is 1. The van der Waals surface area contributed by atoms with E-state index in [0.29, 0.717) is 32.8 Å².